The van der Waals surface area contributed by atoms with Crippen LogP contribution in [-0.4, -0.2) is 52.9 Å². The zero-order valence-electron chi connectivity index (χ0n) is 11.7. The summed E-state index contributed by atoms with van der Waals surface area (Å²) in [6.45, 7) is 7.96. The lowest BCUT2D eigenvalue weighted by Crippen LogP contribution is -2.38. The fraction of sp³-hybridized carbons (Fsp3) is 0.571. The van der Waals surface area contributed by atoms with E-state index >= 15 is 0 Å². The van der Waals surface area contributed by atoms with Crippen LogP contribution in [0.3, 0.4) is 0 Å². The normalized spacial score (nSPS) is 19.1. The van der Waals surface area contributed by atoms with Crippen molar-refractivity contribution in [2.75, 3.05) is 31.9 Å². The number of nitrogens with zero attached hydrogens (tertiary/aromatic N) is 3. The fourth-order valence-electron chi connectivity index (χ4n) is 2.72. The number of amides is 1. The molecule has 0 radical (unpaired) electrons. The molecule has 1 aromatic rings. The molecule has 1 fully saturated rings. The first kappa shape index (κ1) is 13.8. The Hall–Kier alpha value is -1.62. The van der Waals surface area contributed by atoms with Crippen LogP contribution in [0.4, 0.5) is 5.69 Å². The summed E-state index contributed by atoms with van der Waals surface area (Å²) in [5, 5.41) is 0. The van der Waals surface area contributed by atoms with Gasteiger partial charge in [0.2, 0.25) is 0 Å². The lowest BCUT2D eigenvalue weighted by atomic mass is 10.2. The second-order valence-corrected chi connectivity index (χ2v) is 4.88. The topological polar surface area (TPSA) is 62.5 Å². The molecule has 1 amide bonds. The third kappa shape index (κ3) is 2.87. The van der Waals surface area contributed by atoms with Crippen LogP contribution in [0.2, 0.25) is 0 Å². The molecular formula is C14H22N4O. The molecule has 19 heavy (non-hydrogen) atoms. The van der Waals surface area contributed by atoms with Gasteiger partial charge >= 0.3 is 0 Å². The number of hydrogen-bond donors (Lipinski definition) is 1. The zero-order chi connectivity index (χ0) is 13.8. The molecule has 5 heteroatoms. The first-order valence-corrected chi connectivity index (χ1v) is 6.90. The number of nitrogen functional groups attached to an aromatic ring is 1. The summed E-state index contributed by atoms with van der Waals surface area (Å²) in [4.78, 5) is 20.7. The van der Waals surface area contributed by atoms with Gasteiger partial charge in [-0.2, -0.15) is 0 Å². The fourth-order valence-corrected chi connectivity index (χ4v) is 2.72. The van der Waals surface area contributed by atoms with Gasteiger partial charge in [0.25, 0.3) is 5.91 Å². The van der Waals surface area contributed by atoms with Crippen LogP contribution in [0.1, 0.15) is 30.6 Å². The van der Waals surface area contributed by atoms with Gasteiger partial charge in [-0.3, -0.25) is 14.7 Å². The molecule has 1 saturated heterocycles. The Balaban J connectivity index is 2.05. The molecule has 0 spiro atoms. The highest BCUT2D eigenvalue weighted by Gasteiger charge is 2.30. The largest absolute Gasteiger partial charge is 0.398 e. The number of likely N-dealkylation sites (tertiary alicyclic amines) is 1. The van der Waals surface area contributed by atoms with Gasteiger partial charge < -0.3 is 10.6 Å². The highest BCUT2D eigenvalue weighted by molar-refractivity contribution is 5.98. The van der Waals surface area contributed by atoms with Crippen LogP contribution in [0.5, 0.6) is 0 Å². The number of hydrogen-bond acceptors (Lipinski definition) is 4. The van der Waals surface area contributed by atoms with Crippen molar-refractivity contribution in [2.24, 2.45) is 0 Å². The molecule has 1 aromatic heterocycles. The molecule has 2 N–H and O–H groups in total. The van der Waals surface area contributed by atoms with E-state index in [4.69, 9.17) is 5.73 Å². The van der Waals surface area contributed by atoms with Gasteiger partial charge in [0.05, 0.1) is 5.56 Å². The van der Waals surface area contributed by atoms with E-state index in [1.54, 1.807) is 18.5 Å². The van der Waals surface area contributed by atoms with Crippen molar-refractivity contribution < 1.29 is 4.79 Å². The summed E-state index contributed by atoms with van der Waals surface area (Å²) in [7, 11) is 0. The molecule has 5 nitrogen and oxygen atoms in total. The van der Waals surface area contributed by atoms with Crippen molar-refractivity contribution in [3.05, 3.63) is 24.0 Å². The highest BCUT2D eigenvalue weighted by Crippen LogP contribution is 2.19. The molecule has 0 saturated carbocycles. The van der Waals surface area contributed by atoms with E-state index in [-0.39, 0.29) is 5.91 Å². The van der Waals surface area contributed by atoms with Crippen molar-refractivity contribution in [3.63, 3.8) is 0 Å². The van der Waals surface area contributed by atoms with Gasteiger partial charge in [-0.05, 0) is 25.6 Å². The Morgan fingerprint density at radius 1 is 1.53 bits per heavy atom. The van der Waals surface area contributed by atoms with E-state index < -0.39 is 0 Å². The van der Waals surface area contributed by atoms with Crippen molar-refractivity contribution >= 4 is 11.6 Å². The summed E-state index contributed by atoms with van der Waals surface area (Å²) in [5.41, 5.74) is 6.86. The number of pyridine rings is 1. The monoisotopic (exact) mass is 262 g/mol. The molecular weight excluding hydrogens is 240 g/mol. The average molecular weight is 262 g/mol. The van der Waals surface area contributed by atoms with Crippen molar-refractivity contribution in [2.45, 2.75) is 26.3 Å². The number of anilines is 1. The molecule has 2 heterocycles. The second-order valence-electron chi connectivity index (χ2n) is 4.88. The first-order valence-electron chi connectivity index (χ1n) is 6.90. The van der Waals surface area contributed by atoms with Crippen molar-refractivity contribution in [3.8, 4) is 0 Å². The number of carbonyl (C=O) groups excluding carboxylic acids is 1. The maximum atomic E-state index is 12.4. The third-order valence-electron chi connectivity index (χ3n) is 3.86. The third-order valence-corrected chi connectivity index (χ3v) is 3.86. The quantitative estimate of drug-likeness (QED) is 0.886. The van der Waals surface area contributed by atoms with Gasteiger partial charge in [-0.1, -0.05) is 13.8 Å². The number of aromatic nitrogens is 1. The Kier molecular flexibility index (Phi) is 4.37. The van der Waals surface area contributed by atoms with E-state index in [0.29, 0.717) is 17.3 Å². The number of nitrogens with two attached hydrogens (primary N) is 1. The van der Waals surface area contributed by atoms with E-state index in [9.17, 15) is 4.79 Å². The van der Waals surface area contributed by atoms with Gasteiger partial charge in [0.1, 0.15) is 0 Å². The molecule has 1 aliphatic rings. The molecule has 1 atom stereocenters. The summed E-state index contributed by atoms with van der Waals surface area (Å²) in [5.74, 6) is 0.000237. The predicted octanol–water partition coefficient (Wildman–Crippen LogP) is 1.22. The maximum absolute atomic E-state index is 12.4. The van der Waals surface area contributed by atoms with E-state index in [0.717, 1.165) is 32.6 Å². The van der Waals surface area contributed by atoms with Gasteiger partial charge in [0.15, 0.2) is 0 Å². The van der Waals surface area contributed by atoms with E-state index in [1.165, 1.54) is 0 Å². The van der Waals surface area contributed by atoms with Crippen LogP contribution >= 0.6 is 0 Å². The predicted molar refractivity (Wildman–Crippen MR) is 75.9 cm³/mol. The summed E-state index contributed by atoms with van der Waals surface area (Å²) in [6, 6.07) is 2.14. The summed E-state index contributed by atoms with van der Waals surface area (Å²) in [6.07, 6.45) is 4.20. The molecule has 0 aliphatic carbocycles. The minimum absolute atomic E-state index is 0.000237. The molecule has 104 valence electrons. The second kappa shape index (κ2) is 6.02. The van der Waals surface area contributed by atoms with E-state index in [1.807, 2.05) is 4.90 Å². The van der Waals surface area contributed by atoms with Gasteiger partial charge in [0, 0.05) is 37.2 Å². The van der Waals surface area contributed by atoms with Crippen LogP contribution in [0.15, 0.2) is 18.5 Å². The lowest BCUT2D eigenvalue weighted by molar-refractivity contribution is 0.0778. The minimum atomic E-state index is 0.000237. The molecule has 0 unspecified atom stereocenters. The molecule has 2 rings (SSSR count). The van der Waals surface area contributed by atoms with Crippen LogP contribution in [-0.2, 0) is 0 Å². The van der Waals surface area contributed by atoms with E-state index in [2.05, 4.69) is 23.7 Å². The summed E-state index contributed by atoms with van der Waals surface area (Å²) < 4.78 is 0. The zero-order valence-corrected chi connectivity index (χ0v) is 11.7. The Morgan fingerprint density at radius 3 is 2.89 bits per heavy atom. The molecule has 0 aromatic carbocycles. The minimum Gasteiger partial charge on any atom is -0.398 e. The first-order chi connectivity index (χ1) is 9.17. The maximum Gasteiger partial charge on any atom is 0.257 e. The number of rotatable bonds is 4. The lowest BCUT2D eigenvalue weighted by Gasteiger charge is -2.26. The summed E-state index contributed by atoms with van der Waals surface area (Å²) >= 11 is 0. The highest BCUT2D eigenvalue weighted by atomic mass is 16.2. The van der Waals surface area contributed by atoms with Crippen molar-refractivity contribution in [1.29, 1.82) is 0 Å². The molecule has 1 aliphatic heterocycles. The Bertz CT molecular complexity index is 445. The number of likely N-dealkylation sites (N-methyl/N-ethyl adjacent to an activating group) is 1. The Morgan fingerprint density at radius 2 is 2.26 bits per heavy atom. The smallest absolute Gasteiger partial charge is 0.257 e. The SMILES string of the molecule is CCN(CC)[C@@H]1CCN(C(=O)c2cnccc2N)C1. The average Bonchev–Trinajstić information content (AvgIpc) is 2.90. The molecule has 0 bridgehead atoms. The van der Waals surface area contributed by atoms with Gasteiger partial charge in [-0.25, -0.2) is 0 Å². The van der Waals surface area contributed by atoms with Crippen LogP contribution in [0, 0.1) is 0 Å². The Labute approximate surface area is 114 Å². The van der Waals surface area contributed by atoms with Crippen LogP contribution < -0.4 is 5.73 Å². The van der Waals surface area contributed by atoms with Crippen molar-refractivity contribution in [1.82, 2.24) is 14.8 Å². The standard InChI is InChI=1S/C14H22N4O/c1-3-17(4-2)11-6-8-18(10-11)14(19)12-9-16-7-5-13(12)15/h5,7,9,11H,3-4,6,8,10H2,1-2H3,(H2,15,16)/t11-/m1/s1. The van der Waals surface area contributed by atoms with Crippen LogP contribution in [0.25, 0.3) is 0 Å². The number of carbonyl (C=O) groups is 1. The van der Waals surface area contributed by atoms with Gasteiger partial charge in [-0.15, -0.1) is 0 Å².